The molecule has 2 aliphatic carbocycles. The van der Waals surface area contributed by atoms with E-state index in [0.717, 1.165) is 51.4 Å². The Morgan fingerprint density at radius 2 is 1.03 bits per heavy atom. The van der Waals surface area contributed by atoms with E-state index >= 15 is 0 Å². The van der Waals surface area contributed by atoms with E-state index in [0.29, 0.717) is 23.0 Å². The normalized spacial score (nSPS) is 23.5. The van der Waals surface area contributed by atoms with Gasteiger partial charge in [0.15, 0.2) is 23.0 Å². The lowest BCUT2D eigenvalue weighted by molar-refractivity contribution is -0.0199. The molecule has 2 saturated carbocycles. The van der Waals surface area contributed by atoms with Gasteiger partial charge in [-0.1, -0.05) is 13.8 Å². The number of hydrogen-bond acceptors (Lipinski definition) is 8. The number of hydrogen-bond donors (Lipinski definition) is 2. The summed E-state index contributed by atoms with van der Waals surface area (Å²) in [5.74, 6) is 0.762. The molecule has 2 N–H and O–H groups in total. The average Bonchev–Trinajstić information content (AvgIpc) is 2.94. The van der Waals surface area contributed by atoms with E-state index in [1.165, 1.54) is 38.5 Å². The molecule has 4 rings (SSSR count). The van der Waals surface area contributed by atoms with Gasteiger partial charge in [-0.25, -0.2) is 9.59 Å². The monoisotopic (exact) mass is 540 g/mol. The van der Waals surface area contributed by atoms with Gasteiger partial charge in [-0.2, -0.15) is 0 Å². The van der Waals surface area contributed by atoms with Crippen LogP contribution < -0.4 is 9.47 Å². The van der Waals surface area contributed by atoms with Crippen LogP contribution in [0.2, 0.25) is 0 Å². The summed E-state index contributed by atoms with van der Waals surface area (Å²) < 4.78 is 21.8. The fourth-order valence-electron chi connectivity index (χ4n) is 6.23. The third kappa shape index (κ3) is 6.60. The van der Waals surface area contributed by atoms with Gasteiger partial charge in [0.1, 0.15) is 12.2 Å². The maximum absolute atomic E-state index is 12.7. The van der Waals surface area contributed by atoms with Gasteiger partial charge in [0.2, 0.25) is 0 Å². The minimum absolute atomic E-state index is 0.0120. The van der Waals surface area contributed by atoms with E-state index in [4.69, 9.17) is 18.9 Å². The molecule has 0 saturated heterocycles. The van der Waals surface area contributed by atoms with Crippen molar-refractivity contribution in [2.75, 3.05) is 14.2 Å². The molecule has 0 unspecified atom stereocenters. The van der Waals surface area contributed by atoms with E-state index in [1.807, 2.05) is 0 Å². The molecular formula is C31H40O8. The summed E-state index contributed by atoms with van der Waals surface area (Å²) >= 11 is 0. The Kier molecular flexibility index (Phi) is 8.93. The standard InChI is InChI=1S/C31H40O8/c1-31(2,21-7-11-23(12-8-21)38-29(34)19-5-15-25(32)27(17-19)36-3)22-9-13-24(14-10-22)39-30(35)20-6-16-26(33)28(18-20)37-4/h5-6,15-18,21-24,32-33H,7-14H2,1-4H3. The maximum Gasteiger partial charge on any atom is 0.338 e. The molecule has 0 amide bonds. The highest BCUT2D eigenvalue weighted by Gasteiger charge is 2.41. The van der Waals surface area contributed by atoms with Crippen molar-refractivity contribution in [3.8, 4) is 23.0 Å². The van der Waals surface area contributed by atoms with Crippen LogP contribution in [0.25, 0.3) is 0 Å². The molecule has 0 bridgehead atoms. The Morgan fingerprint density at radius 3 is 1.36 bits per heavy atom. The second-order valence-electron chi connectivity index (χ2n) is 11.4. The summed E-state index contributed by atoms with van der Waals surface area (Å²) in [7, 11) is 2.89. The Labute approximate surface area is 230 Å². The van der Waals surface area contributed by atoms with Gasteiger partial charge in [-0.05, 0) is 105 Å². The SMILES string of the molecule is COc1cc(C(=O)OC2CCC(C(C)(C)C3CCC(OC(=O)c4ccc(O)c(OC)c4)CC3)CC2)ccc1O. The first-order chi connectivity index (χ1) is 18.6. The van der Waals surface area contributed by atoms with Gasteiger partial charge in [0.25, 0.3) is 0 Å². The van der Waals surface area contributed by atoms with Crippen LogP contribution in [0, 0.1) is 17.3 Å². The number of methoxy groups -OCH3 is 2. The van der Waals surface area contributed by atoms with Crippen LogP contribution in [-0.2, 0) is 9.47 Å². The number of rotatable bonds is 8. The molecule has 212 valence electrons. The van der Waals surface area contributed by atoms with E-state index in [2.05, 4.69) is 13.8 Å². The van der Waals surface area contributed by atoms with Gasteiger partial charge >= 0.3 is 11.9 Å². The second kappa shape index (κ2) is 12.2. The third-order valence-electron chi connectivity index (χ3n) is 8.83. The third-order valence-corrected chi connectivity index (χ3v) is 8.83. The van der Waals surface area contributed by atoms with Gasteiger partial charge in [0, 0.05) is 0 Å². The first kappa shape index (κ1) is 28.6. The minimum Gasteiger partial charge on any atom is -0.504 e. The number of phenolic OH excluding ortho intramolecular Hbond substituents is 2. The van der Waals surface area contributed by atoms with Crippen LogP contribution in [-0.4, -0.2) is 48.6 Å². The van der Waals surface area contributed by atoms with E-state index in [9.17, 15) is 19.8 Å². The Bertz CT molecular complexity index is 1070. The molecule has 0 radical (unpaired) electrons. The van der Waals surface area contributed by atoms with Crippen LogP contribution >= 0.6 is 0 Å². The zero-order chi connectivity index (χ0) is 28.2. The van der Waals surface area contributed by atoms with Crippen LogP contribution in [0.1, 0.15) is 85.9 Å². The molecule has 8 heteroatoms. The minimum atomic E-state index is -0.394. The first-order valence-corrected chi connectivity index (χ1v) is 13.8. The zero-order valence-electron chi connectivity index (χ0n) is 23.3. The predicted molar refractivity (Wildman–Crippen MR) is 145 cm³/mol. The smallest absolute Gasteiger partial charge is 0.338 e. The molecule has 2 fully saturated rings. The molecule has 8 nitrogen and oxygen atoms in total. The number of aromatic hydroxyl groups is 2. The van der Waals surface area contributed by atoms with Gasteiger partial charge < -0.3 is 29.2 Å². The van der Waals surface area contributed by atoms with Gasteiger partial charge in [0.05, 0.1) is 25.3 Å². The number of ether oxygens (including phenoxy) is 4. The molecule has 0 spiro atoms. The maximum atomic E-state index is 12.7. The first-order valence-electron chi connectivity index (χ1n) is 13.8. The lowest BCUT2D eigenvalue weighted by atomic mass is 9.60. The van der Waals surface area contributed by atoms with Crippen LogP contribution in [0.5, 0.6) is 23.0 Å². The Balaban J connectivity index is 1.24. The molecule has 2 aromatic rings. The van der Waals surface area contributed by atoms with Crippen LogP contribution in [0.15, 0.2) is 36.4 Å². The van der Waals surface area contributed by atoms with Crippen molar-refractivity contribution in [2.45, 2.75) is 77.4 Å². The number of carbonyl (C=O) groups is 2. The summed E-state index contributed by atoms with van der Waals surface area (Å²) in [6.07, 6.45) is 7.11. The number of phenols is 2. The highest BCUT2D eigenvalue weighted by molar-refractivity contribution is 5.91. The van der Waals surface area contributed by atoms with Gasteiger partial charge in [-0.3, -0.25) is 0 Å². The molecule has 2 aliphatic rings. The van der Waals surface area contributed by atoms with E-state index in [1.54, 1.807) is 12.1 Å². The summed E-state index contributed by atoms with van der Waals surface area (Å²) in [6.45, 7) is 4.71. The summed E-state index contributed by atoms with van der Waals surface area (Å²) in [5.41, 5.74) is 0.877. The number of esters is 2. The van der Waals surface area contributed by atoms with Crippen molar-refractivity contribution < 1.29 is 38.7 Å². The van der Waals surface area contributed by atoms with Crippen molar-refractivity contribution in [1.82, 2.24) is 0 Å². The molecule has 2 aromatic carbocycles. The van der Waals surface area contributed by atoms with Crippen molar-refractivity contribution in [3.05, 3.63) is 47.5 Å². The Hall–Kier alpha value is -3.42. The Morgan fingerprint density at radius 1 is 0.667 bits per heavy atom. The number of benzene rings is 2. The number of carbonyl (C=O) groups excluding carboxylic acids is 2. The molecular weight excluding hydrogens is 500 g/mol. The van der Waals surface area contributed by atoms with Crippen molar-refractivity contribution >= 4 is 11.9 Å². The summed E-state index contributed by atoms with van der Waals surface area (Å²) in [5, 5.41) is 19.5. The lowest BCUT2D eigenvalue weighted by Gasteiger charge is -2.46. The largest absolute Gasteiger partial charge is 0.504 e. The highest BCUT2D eigenvalue weighted by Crippen LogP contribution is 2.49. The van der Waals surface area contributed by atoms with E-state index < -0.39 is 11.9 Å². The fourth-order valence-corrected chi connectivity index (χ4v) is 6.23. The zero-order valence-corrected chi connectivity index (χ0v) is 23.3. The highest BCUT2D eigenvalue weighted by atomic mass is 16.5. The van der Waals surface area contributed by atoms with Gasteiger partial charge in [-0.15, -0.1) is 0 Å². The molecule has 0 aliphatic heterocycles. The quantitative estimate of drug-likeness (QED) is 0.377. The molecule has 0 heterocycles. The van der Waals surface area contributed by atoms with Crippen molar-refractivity contribution in [1.29, 1.82) is 0 Å². The second-order valence-corrected chi connectivity index (χ2v) is 11.4. The van der Waals surface area contributed by atoms with Crippen molar-refractivity contribution in [2.24, 2.45) is 17.3 Å². The summed E-state index contributed by atoms with van der Waals surface area (Å²) in [4.78, 5) is 25.3. The molecule has 0 aromatic heterocycles. The lowest BCUT2D eigenvalue weighted by Crippen LogP contribution is -2.39. The van der Waals surface area contributed by atoms with E-state index in [-0.39, 0.29) is 40.6 Å². The topological polar surface area (TPSA) is 112 Å². The average molecular weight is 541 g/mol. The van der Waals surface area contributed by atoms with Crippen LogP contribution in [0.3, 0.4) is 0 Å². The van der Waals surface area contributed by atoms with Crippen molar-refractivity contribution in [3.63, 3.8) is 0 Å². The molecule has 39 heavy (non-hydrogen) atoms. The van der Waals surface area contributed by atoms with Crippen LogP contribution in [0.4, 0.5) is 0 Å². The summed E-state index contributed by atoms with van der Waals surface area (Å²) in [6, 6.07) is 8.97. The fraction of sp³-hybridized carbons (Fsp3) is 0.548. The predicted octanol–water partition coefficient (Wildman–Crippen LogP) is 6.27. The molecule has 0 atom stereocenters.